The molecule has 0 saturated heterocycles. The topological polar surface area (TPSA) is 194 Å². The van der Waals surface area contributed by atoms with Gasteiger partial charge in [0.1, 0.15) is 17.8 Å². The number of carboxylic acid groups (broad SMARTS) is 1. The fourth-order valence-corrected chi connectivity index (χ4v) is 3.02. The van der Waals surface area contributed by atoms with Crippen LogP contribution in [0.25, 0.3) is 0 Å². The maximum absolute atomic E-state index is 12.9. The van der Waals surface area contributed by atoms with Crippen LogP contribution in [0.4, 0.5) is 0 Å². The van der Waals surface area contributed by atoms with Crippen LogP contribution in [0.2, 0.25) is 0 Å². The second kappa shape index (κ2) is 14.3. The van der Waals surface area contributed by atoms with Gasteiger partial charge in [-0.15, -0.1) is 0 Å². The Kier molecular flexibility index (Phi) is 12.2. The summed E-state index contributed by atoms with van der Waals surface area (Å²) in [6.45, 7) is 0.933. The average Bonchev–Trinajstić information content (AvgIpc) is 2.73. The van der Waals surface area contributed by atoms with Gasteiger partial charge in [0.25, 0.3) is 0 Å². The number of phenolic OH excluding ortho intramolecular Hbond substituents is 1. The molecule has 0 bridgehead atoms. The van der Waals surface area contributed by atoms with Crippen LogP contribution < -0.4 is 27.8 Å². The molecule has 1 rings (SSSR count). The number of amides is 2. The first-order chi connectivity index (χ1) is 14.8. The van der Waals surface area contributed by atoms with Gasteiger partial charge in [-0.1, -0.05) is 18.6 Å². The lowest BCUT2D eigenvalue weighted by molar-refractivity contribution is -0.142. The Labute approximate surface area is 182 Å². The third-order valence-corrected chi connectivity index (χ3v) is 4.88. The summed E-state index contributed by atoms with van der Waals surface area (Å²) in [4.78, 5) is 36.9. The molecule has 0 radical (unpaired) electrons. The smallest absolute Gasteiger partial charge is 0.326 e. The third kappa shape index (κ3) is 10.3. The van der Waals surface area contributed by atoms with E-state index in [2.05, 4.69) is 10.6 Å². The number of benzene rings is 1. The monoisotopic (exact) mass is 437 g/mol. The van der Waals surface area contributed by atoms with Gasteiger partial charge in [-0.25, -0.2) is 4.79 Å². The number of unbranched alkanes of at least 4 members (excludes halogenated alkanes) is 2. The van der Waals surface area contributed by atoms with Crippen LogP contribution in [0.3, 0.4) is 0 Å². The second-order valence-electron chi connectivity index (χ2n) is 7.51. The van der Waals surface area contributed by atoms with Crippen LogP contribution in [0, 0.1) is 0 Å². The van der Waals surface area contributed by atoms with E-state index < -0.39 is 35.9 Å². The Balaban J connectivity index is 2.88. The molecule has 0 aliphatic carbocycles. The molecule has 3 atom stereocenters. The molecule has 31 heavy (non-hydrogen) atoms. The largest absolute Gasteiger partial charge is 0.508 e. The Morgan fingerprint density at radius 1 is 0.839 bits per heavy atom. The minimum atomic E-state index is -1.15. The number of rotatable bonds is 15. The summed E-state index contributed by atoms with van der Waals surface area (Å²) >= 11 is 0. The van der Waals surface area contributed by atoms with Gasteiger partial charge in [-0.3, -0.25) is 9.59 Å². The zero-order valence-electron chi connectivity index (χ0n) is 17.8. The Hall–Kier alpha value is -2.69. The first-order valence-electron chi connectivity index (χ1n) is 10.6. The second-order valence-corrected chi connectivity index (χ2v) is 7.51. The Morgan fingerprint density at radius 3 is 1.94 bits per heavy atom. The molecule has 10 N–H and O–H groups in total. The number of aromatic hydroxyl groups is 1. The van der Waals surface area contributed by atoms with E-state index in [0.717, 1.165) is 6.42 Å². The molecule has 0 aliphatic heterocycles. The van der Waals surface area contributed by atoms with E-state index in [0.29, 0.717) is 44.3 Å². The molecule has 2 amide bonds. The maximum Gasteiger partial charge on any atom is 0.326 e. The van der Waals surface area contributed by atoms with Gasteiger partial charge in [-0.2, -0.15) is 0 Å². The molecule has 0 spiro atoms. The number of nitrogens with one attached hydrogen (secondary N) is 2. The van der Waals surface area contributed by atoms with Gasteiger partial charge in [0.2, 0.25) is 11.8 Å². The van der Waals surface area contributed by atoms with Crippen molar-refractivity contribution >= 4 is 17.8 Å². The Morgan fingerprint density at radius 2 is 1.39 bits per heavy atom. The predicted molar refractivity (Wildman–Crippen MR) is 117 cm³/mol. The van der Waals surface area contributed by atoms with Crippen molar-refractivity contribution in [3.8, 4) is 5.75 Å². The van der Waals surface area contributed by atoms with Crippen LogP contribution in [0.5, 0.6) is 5.75 Å². The van der Waals surface area contributed by atoms with Crippen molar-refractivity contribution < 1.29 is 24.6 Å². The minimum Gasteiger partial charge on any atom is -0.508 e. The molecule has 10 heteroatoms. The van der Waals surface area contributed by atoms with E-state index in [1.807, 2.05) is 0 Å². The predicted octanol–water partition coefficient (Wildman–Crippen LogP) is -0.426. The molecule has 0 aliphatic rings. The maximum atomic E-state index is 12.9. The van der Waals surface area contributed by atoms with Crippen LogP contribution in [0.15, 0.2) is 24.3 Å². The molecule has 174 valence electrons. The van der Waals surface area contributed by atoms with E-state index >= 15 is 0 Å². The van der Waals surface area contributed by atoms with Crippen molar-refractivity contribution in [1.29, 1.82) is 0 Å². The normalized spacial score (nSPS) is 13.8. The summed E-state index contributed by atoms with van der Waals surface area (Å²) in [7, 11) is 0. The summed E-state index contributed by atoms with van der Waals surface area (Å²) in [5.74, 6) is -2.19. The van der Waals surface area contributed by atoms with E-state index in [1.165, 1.54) is 12.1 Å². The summed E-state index contributed by atoms with van der Waals surface area (Å²) < 4.78 is 0. The molecule has 0 unspecified atom stereocenters. The summed E-state index contributed by atoms with van der Waals surface area (Å²) in [6.07, 6.45) is 3.38. The molecule has 0 fully saturated rings. The minimum absolute atomic E-state index is 0.0709. The lowest BCUT2D eigenvalue weighted by atomic mass is 10.0. The lowest BCUT2D eigenvalue weighted by Crippen LogP contribution is -2.55. The van der Waals surface area contributed by atoms with Crippen molar-refractivity contribution in [2.75, 3.05) is 13.1 Å². The van der Waals surface area contributed by atoms with E-state index in [1.54, 1.807) is 12.1 Å². The quantitative estimate of drug-likeness (QED) is 0.180. The molecular formula is C21H35N5O5. The fraction of sp³-hybridized carbons (Fsp3) is 0.571. The lowest BCUT2D eigenvalue weighted by Gasteiger charge is -2.23. The first-order valence-corrected chi connectivity index (χ1v) is 10.6. The number of hydrogen-bond donors (Lipinski definition) is 7. The number of nitrogens with two attached hydrogens (primary N) is 3. The number of carbonyl (C=O) groups excluding carboxylic acids is 2. The fourth-order valence-electron chi connectivity index (χ4n) is 3.02. The zero-order valence-corrected chi connectivity index (χ0v) is 17.8. The highest BCUT2D eigenvalue weighted by Crippen LogP contribution is 2.12. The number of aliphatic carboxylic acids is 1. The molecule has 10 nitrogen and oxygen atoms in total. The van der Waals surface area contributed by atoms with Gasteiger partial charge in [0.05, 0.1) is 6.04 Å². The van der Waals surface area contributed by atoms with Crippen LogP contribution in [-0.4, -0.2) is 59.2 Å². The number of carbonyl (C=O) groups is 3. The van der Waals surface area contributed by atoms with Gasteiger partial charge in [0.15, 0.2) is 0 Å². The van der Waals surface area contributed by atoms with Crippen molar-refractivity contribution in [3.63, 3.8) is 0 Å². The molecule has 0 saturated carbocycles. The zero-order chi connectivity index (χ0) is 23.2. The highest BCUT2D eigenvalue weighted by atomic mass is 16.4. The highest BCUT2D eigenvalue weighted by molar-refractivity contribution is 5.91. The standard InChI is InChI=1S/C21H35N5O5/c22-11-3-1-5-16(24)19(28)26-18(13-14-7-9-15(27)10-8-14)20(29)25-17(21(30)31)6-2-4-12-23/h7-10,16-18,27H,1-6,11-13,22-24H2,(H,25,29)(H,26,28)(H,30,31)/t16-,17+,18+/m0/s1. The van der Waals surface area contributed by atoms with Crippen molar-refractivity contribution in [3.05, 3.63) is 29.8 Å². The molecule has 0 heterocycles. The van der Waals surface area contributed by atoms with E-state index in [9.17, 15) is 24.6 Å². The number of hydrogen-bond acceptors (Lipinski definition) is 7. The Bertz CT molecular complexity index is 698. The van der Waals surface area contributed by atoms with E-state index in [4.69, 9.17) is 17.2 Å². The molecular weight excluding hydrogens is 402 g/mol. The highest BCUT2D eigenvalue weighted by Gasteiger charge is 2.28. The van der Waals surface area contributed by atoms with Crippen LogP contribution >= 0.6 is 0 Å². The molecule has 1 aromatic carbocycles. The van der Waals surface area contributed by atoms with Gasteiger partial charge >= 0.3 is 5.97 Å². The van der Waals surface area contributed by atoms with E-state index in [-0.39, 0.29) is 18.6 Å². The molecule has 0 aromatic heterocycles. The first kappa shape index (κ1) is 26.3. The third-order valence-electron chi connectivity index (χ3n) is 4.88. The van der Waals surface area contributed by atoms with Gasteiger partial charge < -0.3 is 38.0 Å². The summed E-state index contributed by atoms with van der Waals surface area (Å²) in [6, 6.07) is 3.28. The summed E-state index contributed by atoms with van der Waals surface area (Å²) in [5.41, 5.74) is 17.5. The average molecular weight is 438 g/mol. The van der Waals surface area contributed by atoms with Crippen molar-refractivity contribution in [1.82, 2.24) is 10.6 Å². The van der Waals surface area contributed by atoms with Crippen LogP contribution in [0.1, 0.15) is 44.1 Å². The number of phenols is 1. The van der Waals surface area contributed by atoms with Crippen LogP contribution in [-0.2, 0) is 20.8 Å². The SMILES string of the molecule is NCCCC[C@H](N)C(=O)N[C@H](Cc1ccc(O)cc1)C(=O)N[C@H](CCCCN)C(=O)O. The van der Waals surface area contributed by atoms with Gasteiger partial charge in [-0.05, 0) is 62.9 Å². The van der Waals surface area contributed by atoms with Gasteiger partial charge in [0, 0.05) is 6.42 Å². The van der Waals surface area contributed by atoms with Crippen molar-refractivity contribution in [2.24, 2.45) is 17.2 Å². The number of carboxylic acids is 1. The molecule has 1 aromatic rings. The van der Waals surface area contributed by atoms with Crippen molar-refractivity contribution in [2.45, 2.75) is 63.1 Å². The summed E-state index contributed by atoms with van der Waals surface area (Å²) in [5, 5.41) is 24.0.